The van der Waals surface area contributed by atoms with Crippen LogP contribution in [0.4, 0.5) is 0 Å². The van der Waals surface area contributed by atoms with Gasteiger partial charge in [0.2, 0.25) is 5.78 Å². The molecule has 0 aliphatic rings. The van der Waals surface area contributed by atoms with Crippen molar-refractivity contribution in [2.75, 3.05) is 0 Å². The van der Waals surface area contributed by atoms with Crippen LogP contribution in [0.3, 0.4) is 0 Å². The Labute approximate surface area is 101 Å². The highest BCUT2D eigenvalue weighted by Crippen LogP contribution is 2.23. The van der Waals surface area contributed by atoms with Gasteiger partial charge in [-0.05, 0) is 31.2 Å². The summed E-state index contributed by atoms with van der Waals surface area (Å²) in [6, 6.07) is 11.3. The van der Waals surface area contributed by atoms with Crippen LogP contribution in [0, 0.1) is 6.92 Å². The summed E-state index contributed by atoms with van der Waals surface area (Å²) in [4.78, 5) is 14.0. The Morgan fingerprint density at radius 1 is 1.20 bits per heavy atom. The molecule has 1 aromatic heterocycles. The van der Waals surface area contributed by atoms with Crippen molar-refractivity contribution >= 4 is 33.0 Å². The van der Waals surface area contributed by atoms with Crippen molar-refractivity contribution in [1.82, 2.24) is 0 Å². The summed E-state index contributed by atoms with van der Waals surface area (Å²) in [7, 11) is 0. The van der Waals surface area contributed by atoms with E-state index in [1.54, 1.807) is 0 Å². The van der Waals surface area contributed by atoms with E-state index in [1.807, 2.05) is 43.3 Å². The molecule has 0 atom stereocenters. The van der Waals surface area contributed by atoms with Crippen molar-refractivity contribution in [3.63, 3.8) is 0 Å². The van der Waals surface area contributed by atoms with Crippen molar-refractivity contribution in [3.8, 4) is 0 Å². The first-order valence-electron chi connectivity index (χ1n) is 4.54. The first kappa shape index (κ1) is 10.6. The molecule has 76 valence electrons. The average Bonchev–Trinajstić information content (AvgIpc) is 2.65. The Balaban J connectivity index is 2.41. The highest BCUT2D eigenvalue weighted by atomic mass is 79.9. The Morgan fingerprint density at radius 2 is 1.93 bits per heavy atom. The third kappa shape index (κ3) is 2.19. The Hall–Kier alpha value is -0.930. The molecule has 1 heterocycles. The molecule has 1 nitrogen and oxygen atoms in total. The first-order valence-corrected chi connectivity index (χ1v) is 6.15. The smallest absolute Gasteiger partial charge is 0.204 e. The Morgan fingerprint density at radius 3 is 2.53 bits per heavy atom. The second-order valence-corrected chi connectivity index (χ2v) is 5.36. The van der Waals surface area contributed by atoms with Crippen LogP contribution in [0.5, 0.6) is 0 Å². The van der Waals surface area contributed by atoms with Gasteiger partial charge < -0.3 is 0 Å². The van der Waals surface area contributed by atoms with Crippen LogP contribution in [0.2, 0.25) is 0 Å². The monoisotopic (exact) mass is 280 g/mol. The minimum Gasteiger partial charge on any atom is -0.288 e. The summed E-state index contributed by atoms with van der Waals surface area (Å²) in [6.07, 6.45) is 0. The fourth-order valence-electron chi connectivity index (χ4n) is 1.33. The summed E-state index contributed by atoms with van der Waals surface area (Å²) in [5.41, 5.74) is 0.722. The number of rotatable bonds is 2. The number of halogens is 1. The molecule has 3 heteroatoms. The van der Waals surface area contributed by atoms with Crippen molar-refractivity contribution in [1.29, 1.82) is 0 Å². The predicted octanol–water partition coefficient (Wildman–Crippen LogP) is 4.05. The first-order chi connectivity index (χ1) is 7.18. The van der Waals surface area contributed by atoms with E-state index >= 15 is 0 Å². The van der Waals surface area contributed by atoms with Crippen molar-refractivity contribution in [2.45, 2.75) is 6.92 Å². The number of carbonyl (C=O) groups is 1. The maximum absolute atomic E-state index is 12.1. The van der Waals surface area contributed by atoms with Gasteiger partial charge in [0, 0.05) is 14.9 Å². The molecular weight excluding hydrogens is 272 g/mol. The highest BCUT2D eigenvalue weighted by Gasteiger charge is 2.13. The van der Waals surface area contributed by atoms with Crippen molar-refractivity contribution < 1.29 is 4.79 Å². The van der Waals surface area contributed by atoms with Gasteiger partial charge >= 0.3 is 0 Å². The molecule has 0 saturated heterocycles. The van der Waals surface area contributed by atoms with Gasteiger partial charge in [0.05, 0.1) is 4.88 Å². The summed E-state index contributed by atoms with van der Waals surface area (Å²) < 4.78 is 0.848. The van der Waals surface area contributed by atoms with E-state index in [1.165, 1.54) is 11.3 Å². The van der Waals surface area contributed by atoms with Gasteiger partial charge in [-0.2, -0.15) is 0 Å². The SMILES string of the molecule is Cc1ccc(C(=O)c2ccccc2Br)s1. The topological polar surface area (TPSA) is 17.1 Å². The lowest BCUT2D eigenvalue weighted by Crippen LogP contribution is -1.98. The van der Waals surface area contributed by atoms with Crippen LogP contribution in [-0.2, 0) is 0 Å². The number of hydrogen-bond acceptors (Lipinski definition) is 2. The van der Waals surface area contributed by atoms with Crippen LogP contribution in [0.1, 0.15) is 20.1 Å². The molecule has 0 aliphatic heterocycles. The fourth-order valence-corrected chi connectivity index (χ4v) is 2.62. The predicted molar refractivity (Wildman–Crippen MR) is 66.6 cm³/mol. The maximum Gasteiger partial charge on any atom is 0.204 e. The molecule has 1 aromatic carbocycles. The van der Waals surface area contributed by atoms with E-state index in [0.29, 0.717) is 0 Å². The summed E-state index contributed by atoms with van der Waals surface area (Å²) in [5, 5.41) is 0. The molecule has 0 amide bonds. The van der Waals surface area contributed by atoms with Crippen LogP contribution < -0.4 is 0 Å². The van der Waals surface area contributed by atoms with Gasteiger partial charge in [0.1, 0.15) is 0 Å². The summed E-state index contributed by atoms with van der Waals surface area (Å²) in [5.74, 6) is 0.0839. The third-order valence-corrected chi connectivity index (χ3v) is 3.77. The van der Waals surface area contributed by atoms with E-state index in [2.05, 4.69) is 15.9 Å². The molecular formula is C12H9BrOS. The summed E-state index contributed by atoms with van der Waals surface area (Å²) in [6.45, 7) is 2.00. The maximum atomic E-state index is 12.1. The lowest BCUT2D eigenvalue weighted by Gasteiger charge is -2.00. The standard InChI is InChI=1S/C12H9BrOS/c1-8-6-7-11(15-8)12(14)9-4-2-3-5-10(9)13/h2-7H,1H3. The number of hydrogen-bond donors (Lipinski definition) is 0. The molecule has 2 rings (SSSR count). The molecule has 15 heavy (non-hydrogen) atoms. The zero-order valence-corrected chi connectivity index (χ0v) is 10.6. The van der Waals surface area contributed by atoms with E-state index in [-0.39, 0.29) is 5.78 Å². The zero-order valence-electron chi connectivity index (χ0n) is 8.16. The van der Waals surface area contributed by atoms with Crippen LogP contribution >= 0.6 is 27.3 Å². The molecule has 0 fully saturated rings. The third-order valence-electron chi connectivity index (χ3n) is 2.08. The largest absolute Gasteiger partial charge is 0.288 e. The van der Waals surface area contributed by atoms with E-state index in [9.17, 15) is 4.79 Å². The van der Waals surface area contributed by atoms with E-state index in [0.717, 1.165) is 19.8 Å². The lowest BCUT2D eigenvalue weighted by molar-refractivity contribution is 0.104. The van der Waals surface area contributed by atoms with Gasteiger partial charge in [0.15, 0.2) is 0 Å². The zero-order chi connectivity index (χ0) is 10.8. The number of benzene rings is 1. The van der Waals surface area contributed by atoms with Crippen LogP contribution in [0.15, 0.2) is 40.9 Å². The quantitative estimate of drug-likeness (QED) is 0.759. The lowest BCUT2D eigenvalue weighted by atomic mass is 10.1. The van der Waals surface area contributed by atoms with Crippen molar-refractivity contribution in [3.05, 3.63) is 56.2 Å². The fraction of sp³-hybridized carbons (Fsp3) is 0.0833. The van der Waals surface area contributed by atoms with Crippen molar-refractivity contribution in [2.24, 2.45) is 0 Å². The van der Waals surface area contributed by atoms with Crippen LogP contribution in [-0.4, -0.2) is 5.78 Å². The van der Waals surface area contributed by atoms with Gasteiger partial charge in [-0.25, -0.2) is 0 Å². The molecule has 0 radical (unpaired) electrons. The highest BCUT2D eigenvalue weighted by molar-refractivity contribution is 9.10. The van der Waals surface area contributed by atoms with E-state index < -0.39 is 0 Å². The number of ketones is 1. The molecule has 0 spiro atoms. The minimum absolute atomic E-state index is 0.0839. The average molecular weight is 281 g/mol. The van der Waals surface area contributed by atoms with Gasteiger partial charge in [-0.15, -0.1) is 11.3 Å². The number of aryl methyl sites for hydroxylation is 1. The van der Waals surface area contributed by atoms with E-state index in [4.69, 9.17) is 0 Å². The molecule has 0 N–H and O–H groups in total. The molecule has 0 aliphatic carbocycles. The Bertz CT molecular complexity index is 502. The molecule has 0 saturated carbocycles. The number of carbonyl (C=O) groups excluding carboxylic acids is 1. The second-order valence-electron chi connectivity index (χ2n) is 3.22. The molecule has 0 unspecified atom stereocenters. The minimum atomic E-state index is 0.0839. The van der Waals surface area contributed by atoms with Crippen LogP contribution in [0.25, 0.3) is 0 Å². The molecule has 0 bridgehead atoms. The normalized spacial score (nSPS) is 10.3. The molecule has 2 aromatic rings. The van der Waals surface area contributed by atoms with Gasteiger partial charge in [0.25, 0.3) is 0 Å². The van der Waals surface area contributed by atoms with Gasteiger partial charge in [-0.1, -0.05) is 28.1 Å². The van der Waals surface area contributed by atoms with Gasteiger partial charge in [-0.3, -0.25) is 4.79 Å². The summed E-state index contributed by atoms with van der Waals surface area (Å²) >= 11 is 4.91. The second kappa shape index (κ2) is 4.29. The Kier molecular flexibility index (Phi) is 3.03. The number of thiophene rings is 1.